The molecule has 0 radical (unpaired) electrons. The van der Waals surface area contributed by atoms with Gasteiger partial charge in [0.2, 0.25) is 0 Å². The van der Waals surface area contributed by atoms with Crippen molar-refractivity contribution in [2.24, 2.45) is 5.16 Å². The minimum atomic E-state index is -4.96. The van der Waals surface area contributed by atoms with Crippen molar-refractivity contribution in [3.05, 3.63) is 44.7 Å². The van der Waals surface area contributed by atoms with Crippen LogP contribution in [0.3, 0.4) is 0 Å². The lowest BCUT2D eigenvalue weighted by Crippen LogP contribution is -2.72. The zero-order valence-corrected chi connectivity index (χ0v) is 24.8. The predicted octanol–water partition coefficient (Wildman–Crippen LogP) is 2.44. The fourth-order valence-electron chi connectivity index (χ4n) is 4.28. The Labute approximate surface area is 258 Å². The van der Waals surface area contributed by atoms with E-state index in [4.69, 9.17) is 17.3 Å². The molecule has 1 fully saturated rings. The Morgan fingerprint density at radius 2 is 2.07 bits per heavy atom. The lowest BCUT2D eigenvalue weighted by Gasteiger charge is -2.50. The third-order valence-electron chi connectivity index (χ3n) is 6.16. The van der Waals surface area contributed by atoms with Crippen molar-refractivity contribution in [3.8, 4) is 0 Å². The Balaban J connectivity index is 1.43. The lowest BCUT2D eigenvalue weighted by atomic mass is 9.86. The van der Waals surface area contributed by atoms with E-state index in [1.165, 1.54) is 18.0 Å². The standard InChI is InChI=1S/C23H21ClF3N7O6S3/c24-17-14(32-22(28)43-17)15(33-40)18(35)31-13-10-1-2-12(16(20(37)38)34(10)19(13)36)42-11-3-4-29-7-9(11)8-41-6-5-30-21(39)23(25,26)27/h3-4,7,10,13,40H,1-2,5-6,8H2,(H2,28,32)(H,30,39)(H,31,35)(H,37,38)/b33-15-/t10?,13-/m0/s1. The average molecular weight is 680 g/mol. The number of rotatable bonds is 11. The molecular weight excluding hydrogens is 659 g/mol. The van der Waals surface area contributed by atoms with E-state index < -0.39 is 47.7 Å². The number of anilines is 1. The number of allylic oxidation sites excluding steroid dienone is 1. The van der Waals surface area contributed by atoms with E-state index in [0.29, 0.717) is 27.5 Å². The number of hydrogen-bond donors (Lipinski definition) is 5. The molecule has 0 aliphatic carbocycles. The molecule has 20 heteroatoms. The molecule has 230 valence electrons. The number of carboxylic acids is 1. The number of thiazole rings is 1. The molecule has 0 bridgehead atoms. The molecule has 2 atom stereocenters. The number of aliphatic carboxylic acids is 1. The van der Waals surface area contributed by atoms with Gasteiger partial charge in [-0.15, -0.1) is 0 Å². The van der Waals surface area contributed by atoms with Crippen LogP contribution >= 0.6 is 46.5 Å². The van der Waals surface area contributed by atoms with Crippen molar-refractivity contribution in [1.82, 2.24) is 25.5 Å². The fraction of sp³-hybridized carbons (Fsp3) is 0.348. The van der Waals surface area contributed by atoms with Gasteiger partial charge in [0.15, 0.2) is 10.8 Å². The first-order chi connectivity index (χ1) is 20.3. The number of alkyl halides is 3. The second-order valence-electron chi connectivity index (χ2n) is 8.86. The largest absolute Gasteiger partial charge is 0.477 e. The number of amides is 3. The minimum absolute atomic E-state index is 0.000421. The predicted molar refractivity (Wildman–Crippen MR) is 152 cm³/mol. The Kier molecular flexibility index (Phi) is 10.1. The molecule has 2 aromatic heterocycles. The van der Waals surface area contributed by atoms with Gasteiger partial charge in [-0.25, -0.2) is 9.78 Å². The molecule has 13 nitrogen and oxygen atoms in total. The highest BCUT2D eigenvalue weighted by atomic mass is 35.5. The molecule has 3 amide bonds. The number of hydrogen-bond acceptors (Lipinski definition) is 12. The fourth-order valence-corrected chi connectivity index (χ4v) is 7.29. The topological polar surface area (TPSA) is 200 Å². The van der Waals surface area contributed by atoms with Gasteiger partial charge in [-0.1, -0.05) is 39.9 Å². The molecular formula is C23H21ClF3N7O6S3. The number of β-lactam (4-membered cyclic amide) rings is 1. The summed E-state index contributed by atoms with van der Waals surface area (Å²) in [5.41, 5.74) is 5.29. The number of nitrogens with two attached hydrogens (primary N) is 1. The van der Waals surface area contributed by atoms with E-state index >= 15 is 0 Å². The van der Waals surface area contributed by atoms with Gasteiger partial charge in [0.1, 0.15) is 21.8 Å². The summed E-state index contributed by atoms with van der Waals surface area (Å²) < 4.78 is 37.0. The van der Waals surface area contributed by atoms with Gasteiger partial charge in [0.25, 0.3) is 11.8 Å². The molecule has 4 rings (SSSR count). The highest BCUT2D eigenvalue weighted by Gasteiger charge is 2.54. The van der Waals surface area contributed by atoms with Crippen molar-refractivity contribution in [1.29, 1.82) is 0 Å². The number of thioether (sulfide) groups is 2. The second-order valence-corrected chi connectivity index (χ2v) is 12.7. The van der Waals surface area contributed by atoms with Crippen LogP contribution < -0.4 is 16.4 Å². The van der Waals surface area contributed by atoms with Crippen LogP contribution in [0.25, 0.3) is 0 Å². The Bertz CT molecular complexity index is 1520. The van der Waals surface area contributed by atoms with E-state index in [1.54, 1.807) is 17.6 Å². The zero-order valence-electron chi connectivity index (χ0n) is 21.6. The van der Waals surface area contributed by atoms with Gasteiger partial charge in [-0.2, -0.15) is 24.9 Å². The summed E-state index contributed by atoms with van der Waals surface area (Å²) in [6, 6.07) is -0.120. The molecule has 4 heterocycles. The third kappa shape index (κ3) is 7.16. The van der Waals surface area contributed by atoms with Crippen molar-refractivity contribution >= 4 is 81.0 Å². The SMILES string of the molecule is Nc1nc(/C(=N/O)C(=O)N[C@@H]2C(=O)N3C(C(=O)O)=C(Sc4ccncc4CSCCNC(=O)C(F)(F)F)CCC23)c(Cl)s1. The number of nitrogens with one attached hydrogen (secondary N) is 2. The number of carbonyl (C=O) groups excluding carboxylic acids is 3. The van der Waals surface area contributed by atoms with Crippen LogP contribution in [0.2, 0.25) is 4.34 Å². The van der Waals surface area contributed by atoms with Gasteiger partial charge in [0, 0.05) is 40.2 Å². The number of carboxylic acid groups (broad SMARTS) is 1. The van der Waals surface area contributed by atoms with Gasteiger partial charge in [-0.3, -0.25) is 24.3 Å². The van der Waals surface area contributed by atoms with Crippen LogP contribution in [0, 0.1) is 0 Å². The maximum atomic E-state index is 13.1. The summed E-state index contributed by atoms with van der Waals surface area (Å²) in [6.07, 6.45) is -1.37. The van der Waals surface area contributed by atoms with Crippen molar-refractivity contribution in [2.45, 2.75) is 41.7 Å². The monoisotopic (exact) mass is 679 g/mol. The summed E-state index contributed by atoms with van der Waals surface area (Å²) in [5, 5.41) is 26.6. The maximum absolute atomic E-state index is 13.1. The van der Waals surface area contributed by atoms with Crippen molar-refractivity contribution < 1.29 is 42.7 Å². The third-order valence-corrected chi connectivity index (χ3v) is 9.52. The number of halogens is 4. The molecule has 0 saturated carbocycles. The number of carbonyl (C=O) groups is 4. The number of fused-ring (bicyclic) bond motifs is 1. The van der Waals surface area contributed by atoms with E-state index in [1.807, 2.05) is 0 Å². The van der Waals surface area contributed by atoms with Crippen LogP contribution in [0.5, 0.6) is 0 Å². The quantitative estimate of drug-likeness (QED) is 0.0768. The van der Waals surface area contributed by atoms with Crippen molar-refractivity contribution in [3.63, 3.8) is 0 Å². The van der Waals surface area contributed by atoms with E-state index in [9.17, 15) is 42.7 Å². The van der Waals surface area contributed by atoms with Gasteiger partial charge >= 0.3 is 18.1 Å². The van der Waals surface area contributed by atoms with Crippen molar-refractivity contribution in [2.75, 3.05) is 18.0 Å². The summed E-state index contributed by atoms with van der Waals surface area (Å²) in [4.78, 5) is 59.1. The minimum Gasteiger partial charge on any atom is -0.477 e. The molecule has 0 aromatic carbocycles. The van der Waals surface area contributed by atoms with Gasteiger partial charge in [0.05, 0.1) is 6.04 Å². The van der Waals surface area contributed by atoms with E-state index in [0.717, 1.165) is 28.0 Å². The average Bonchev–Trinajstić information content (AvgIpc) is 3.28. The molecule has 2 aliphatic heterocycles. The summed E-state index contributed by atoms with van der Waals surface area (Å²) in [6.45, 7) is -0.202. The van der Waals surface area contributed by atoms with Gasteiger partial charge in [-0.05, 0) is 24.5 Å². The summed E-state index contributed by atoms with van der Waals surface area (Å²) in [7, 11) is 0. The molecule has 1 unspecified atom stereocenters. The first-order valence-electron chi connectivity index (χ1n) is 12.1. The Hall–Kier alpha value is -3.55. The smallest absolute Gasteiger partial charge is 0.471 e. The molecule has 43 heavy (non-hydrogen) atoms. The number of oxime groups is 1. The normalized spacial score (nSPS) is 18.7. The highest BCUT2D eigenvalue weighted by molar-refractivity contribution is 8.03. The Morgan fingerprint density at radius 1 is 1.33 bits per heavy atom. The van der Waals surface area contributed by atoms with Crippen LogP contribution in [0.4, 0.5) is 18.3 Å². The summed E-state index contributed by atoms with van der Waals surface area (Å²) in [5.74, 6) is -4.50. The van der Waals surface area contributed by atoms with Crippen LogP contribution in [-0.2, 0) is 24.9 Å². The second kappa shape index (κ2) is 13.4. The number of nitrogens with zero attached hydrogens (tertiary/aromatic N) is 4. The number of aromatic nitrogens is 2. The number of pyridine rings is 1. The van der Waals surface area contributed by atoms with Crippen LogP contribution in [0.15, 0.2) is 39.1 Å². The molecule has 2 aromatic rings. The molecule has 6 N–H and O–H groups in total. The van der Waals surface area contributed by atoms with E-state index in [-0.39, 0.29) is 39.6 Å². The van der Waals surface area contributed by atoms with Crippen LogP contribution in [-0.4, -0.2) is 85.1 Å². The highest BCUT2D eigenvalue weighted by Crippen LogP contribution is 2.44. The molecule has 2 aliphatic rings. The molecule has 1 saturated heterocycles. The summed E-state index contributed by atoms with van der Waals surface area (Å²) >= 11 is 9.23. The maximum Gasteiger partial charge on any atom is 0.471 e. The first-order valence-corrected chi connectivity index (χ1v) is 15.3. The van der Waals surface area contributed by atoms with Crippen LogP contribution in [0.1, 0.15) is 24.1 Å². The molecule has 0 spiro atoms. The van der Waals surface area contributed by atoms with E-state index in [2.05, 4.69) is 20.4 Å². The lowest BCUT2D eigenvalue weighted by molar-refractivity contribution is -0.173. The number of nitrogen functional groups attached to an aromatic ring is 1. The Morgan fingerprint density at radius 3 is 2.70 bits per heavy atom. The first kappa shape index (κ1) is 32.4. The van der Waals surface area contributed by atoms with Gasteiger partial charge < -0.3 is 26.7 Å². The zero-order chi connectivity index (χ0) is 31.5.